The number of anilines is 1. The van der Waals surface area contributed by atoms with Crippen molar-refractivity contribution in [3.63, 3.8) is 0 Å². The fourth-order valence-corrected chi connectivity index (χ4v) is 1.80. The van der Waals surface area contributed by atoms with E-state index in [0.29, 0.717) is 16.3 Å². The molecule has 0 aliphatic heterocycles. The zero-order chi connectivity index (χ0) is 12.3. The van der Waals surface area contributed by atoms with Gasteiger partial charge in [-0.15, -0.1) is 11.6 Å². The van der Waals surface area contributed by atoms with Crippen LogP contribution in [-0.2, 0) is 5.88 Å². The van der Waals surface area contributed by atoms with Gasteiger partial charge in [0.05, 0.1) is 0 Å². The van der Waals surface area contributed by atoms with Gasteiger partial charge in [-0.3, -0.25) is 0 Å². The molecule has 1 nitrogen and oxygen atoms in total. The molecule has 0 N–H and O–H groups in total. The zero-order valence-electron chi connectivity index (χ0n) is 8.48. The second kappa shape index (κ2) is 5.15. The van der Waals surface area contributed by atoms with E-state index in [0.717, 1.165) is 4.90 Å². The third kappa shape index (κ3) is 3.76. The molecule has 0 heterocycles. The Morgan fingerprint density at radius 3 is 2.44 bits per heavy atom. The van der Waals surface area contributed by atoms with Crippen LogP contribution >= 0.6 is 23.2 Å². The van der Waals surface area contributed by atoms with Crippen LogP contribution in [0.25, 0.3) is 0 Å². The Bertz CT molecular complexity index is 366. The molecule has 0 aliphatic carbocycles. The van der Waals surface area contributed by atoms with E-state index in [1.165, 1.54) is 13.1 Å². The molecule has 0 aromatic heterocycles. The Balaban J connectivity index is 2.94. The van der Waals surface area contributed by atoms with Gasteiger partial charge in [0.2, 0.25) is 0 Å². The summed E-state index contributed by atoms with van der Waals surface area (Å²) in [5, 5.41) is 0.458. The van der Waals surface area contributed by atoms with Crippen molar-refractivity contribution < 1.29 is 13.2 Å². The number of hydrogen-bond acceptors (Lipinski definition) is 1. The summed E-state index contributed by atoms with van der Waals surface area (Å²) in [6.45, 7) is -1.02. The molecule has 0 amide bonds. The molecule has 90 valence electrons. The molecular weight excluding hydrogens is 262 g/mol. The largest absolute Gasteiger partial charge is 0.405 e. The van der Waals surface area contributed by atoms with Gasteiger partial charge in [-0.2, -0.15) is 13.2 Å². The van der Waals surface area contributed by atoms with Crippen molar-refractivity contribution in [3.05, 3.63) is 28.8 Å². The van der Waals surface area contributed by atoms with E-state index in [2.05, 4.69) is 0 Å². The molecule has 0 saturated carbocycles. The molecule has 1 rings (SSSR count). The van der Waals surface area contributed by atoms with E-state index < -0.39 is 12.7 Å². The smallest absolute Gasteiger partial charge is 0.365 e. The molecule has 1 aromatic carbocycles. The number of benzene rings is 1. The number of alkyl halides is 4. The SMILES string of the molecule is CN(CC(F)(F)F)c1ccc(Cl)cc1CCl. The third-order valence-electron chi connectivity index (χ3n) is 2.01. The van der Waals surface area contributed by atoms with Gasteiger partial charge >= 0.3 is 6.18 Å². The summed E-state index contributed by atoms with van der Waals surface area (Å²) < 4.78 is 36.6. The van der Waals surface area contributed by atoms with Gasteiger partial charge < -0.3 is 4.90 Å². The lowest BCUT2D eigenvalue weighted by Gasteiger charge is -2.23. The summed E-state index contributed by atoms with van der Waals surface area (Å²) in [5.41, 5.74) is 1.03. The van der Waals surface area contributed by atoms with Crippen LogP contribution in [0.15, 0.2) is 18.2 Å². The highest BCUT2D eigenvalue weighted by Crippen LogP contribution is 2.27. The predicted molar refractivity (Wildman–Crippen MR) is 60.3 cm³/mol. The van der Waals surface area contributed by atoms with Crippen molar-refractivity contribution >= 4 is 28.9 Å². The average molecular weight is 272 g/mol. The highest BCUT2D eigenvalue weighted by Gasteiger charge is 2.29. The zero-order valence-corrected chi connectivity index (χ0v) is 10.00. The molecule has 0 unspecified atom stereocenters. The van der Waals surface area contributed by atoms with Gasteiger partial charge in [0.15, 0.2) is 0 Å². The van der Waals surface area contributed by atoms with Crippen LogP contribution in [0.3, 0.4) is 0 Å². The second-order valence-corrected chi connectivity index (χ2v) is 4.08. The molecule has 0 spiro atoms. The minimum Gasteiger partial charge on any atom is -0.365 e. The van der Waals surface area contributed by atoms with Crippen LogP contribution in [0, 0.1) is 0 Å². The summed E-state index contributed by atoms with van der Waals surface area (Å²) in [5.74, 6) is 0.123. The van der Waals surface area contributed by atoms with E-state index in [1.54, 1.807) is 12.1 Å². The quantitative estimate of drug-likeness (QED) is 0.749. The molecule has 0 radical (unpaired) electrons. The number of rotatable bonds is 3. The highest BCUT2D eigenvalue weighted by molar-refractivity contribution is 6.30. The molecule has 16 heavy (non-hydrogen) atoms. The molecular formula is C10H10Cl2F3N. The lowest BCUT2D eigenvalue weighted by Crippen LogP contribution is -2.31. The maximum atomic E-state index is 12.2. The van der Waals surface area contributed by atoms with Gasteiger partial charge in [-0.25, -0.2) is 0 Å². The van der Waals surface area contributed by atoms with Crippen molar-refractivity contribution in [3.8, 4) is 0 Å². The number of halogens is 5. The minimum absolute atomic E-state index is 0.123. The fraction of sp³-hybridized carbons (Fsp3) is 0.400. The normalized spacial score (nSPS) is 11.6. The monoisotopic (exact) mass is 271 g/mol. The van der Waals surface area contributed by atoms with E-state index in [4.69, 9.17) is 23.2 Å². The highest BCUT2D eigenvalue weighted by atomic mass is 35.5. The Hall–Kier alpha value is -0.610. The van der Waals surface area contributed by atoms with Gasteiger partial charge in [0, 0.05) is 23.6 Å². The van der Waals surface area contributed by atoms with E-state index in [1.807, 2.05) is 0 Å². The maximum Gasteiger partial charge on any atom is 0.405 e. The summed E-state index contributed by atoms with van der Waals surface area (Å²) in [6.07, 6.45) is -4.24. The Morgan fingerprint density at radius 2 is 1.94 bits per heavy atom. The first-order chi connectivity index (χ1) is 7.33. The van der Waals surface area contributed by atoms with Crippen molar-refractivity contribution in [1.82, 2.24) is 0 Å². The van der Waals surface area contributed by atoms with E-state index >= 15 is 0 Å². The maximum absolute atomic E-state index is 12.2. The van der Waals surface area contributed by atoms with Gasteiger partial charge in [0.25, 0.3) is 0 Å². The molecule has 0 aliphatic rings. The van der Waals surface area contributed by atoms with Gasteiger partial charge in [0.1, 0.15) is 6.54 Å². The molecule has 6 heteroatoms. The van der Waals surface area contributed by atoms with Crippen molar-refractivity contribution in [1.29, 1.82) is 0 Å². The van der Waals surface area contributed by atoms with Crippen LogP contribution in [-0.4, -0.2) is 19.8 Å². The van der Waals surface area contributed by atoms with Gasteiger partial charge in [-0.05, 0) is 23.8 Å². The predicted octanol–water partition coefficient (Wildman–Crippen LogP) is 4.08. The molecule has 0 atom stereocenters. The van der Waals surface area contributed by atoms with Crippen molar-refractivity contribution in [2.45, 2.75) is 12.1 Å². The van der Waals surface area contributed by atoms with E-state index in [-0.39, 0.29) is 5.88 Å². The standard InChI is InChI=1S/C10H10Cl2F3N/c1-16(6-10(13,14)15)9-3-2-8(12)4-7(9)5-11/h2-4H,5-6H2,1H3. The van der Waals surface area contributed by atoms with Gasteiger partial charge in [-0.1, -0.05) is 11.6 Å². The summed E-state index contributed by atoms with van der Waals surface area (Å²) in [4.78, 5) is 1.11. The first-order valence-electron chi connectivity index (χ1n) is 4.46. The first kappa shape index (κ1) is 13.5. The Labute approximate surface area is 102 Å². The number of hydrogen-bond donors (Lipinski definition) is 0. The van der Waals surface area contributed by atoms with E-state index in [9.17, 15) is 13.2 Å². The summed E-state index contributed by atoms with van der Waals surface area (Å²) in [7, 11) is 1.37. The lowest BCUT2D eigenvalue weighted by atomic mass is 10.2. The topological polar surface area (TPSA) is 3.24 Å². The van der Waals surface area contributed by atoms with Crippen molar-refractivity contribution in [2.75, 3.05) is 18.5 Å². The first-order valence-corrected chi connectivity index (χ1v) is 5.37. The lowest BCUT2D eigenvalue weighted by molar-refractivity contribution is -0.119. The molecule has 0 saturated heterocycles. The average Bonchev–Trinajstić information content (AvgIpc) is 2.14. The molecule has 0 fully saturated rings. The second-order valence-electron chi connectivity index (χ2n) is 3.38. The Kier molecular flexibility index (Phi) is 4.33. The minimum atomic E-state index is -4.24. The van der Waals surface area contributed by atoms with Crippen LogP contribution in [0.1, 0.15) is 5.56 Å². The summed E-state index contributed by atoms with van der Waals surface area (Å²) in [6, 6.07) is 4.64. The summed E-state index contributed by atoms with van der Waals surface area (Å²) >= 11 is 11.4. The number of nitrogens with zero attached hydrogens (tertiary/aromatic N) is 1. The fourth-order valence-electron chi connectivity index (χ4n) is 1.39. The molecule has 0 bridgehead atoms. The van der Waals surface area contributed by atoms with Crippen LogP contribution in [0.2, 0.25) is 5.02 Å². The van der Waals surface area contributed by atoms with Crippen LogP contribution in [0.5, 0.6) is 0 Å². The Morgan fingerprint density at radius 1 is 1.31 bits per heavy atom. The third-order valence-corrected chi connectivity index (χ3v) is 2.54. The van der Waals surface area contributed by atoms with Crippen molar-refractivity contribution in [2.24, 2.45) is 0 Å². The molecule has 1 aromatic rings. The van der Waals surface area contributed by atoms with Crippen LogP contribution in [0.4, 0.5) is 18.9 Å². The van der Waals surface area contributed by atoms with Crippen LogP contribution < -0.4 is 4.90 Å².